The minimum atomic E-state index is -4.45. The molecule has 0 saturated carbocycles. The summed E-state index contributed by atoms with van der Waals surface area (Å²) in [6, 6.07) is 9.58. The number of fused-ring (bicyclic) bond motifs is 1. The van der Waals surface area contributed by atoms with Gasteiger partial charge in [-0.3, -0.25) is 9.59 Å². The summed E-state index contributed by atoms with van der Waals surface area (Å²) in [5.41, 5.74) is -0.0123. The summed E-state index contributed by atoms with van der Waals surface area (Å²) >= 11 is 0. The highest BCUT2D eigenvalue weighted by atomic mass is 19.4. The van der Waals surface area contributed by atoms with Crippen LogP contribution in [0, 0.1) is 0 Å². The number of carbonyl (C=O) groups excluding carboxylic acids is 2. The Morgan fingerprint density at radius 1 is 1.16 bits per heavy atom. The molecule has 2 aromatic carbocycles. The molecule has 0 bridgehead atoms. The summed E-state index contributed by atoms with van der Waals surface area (Å²) in [4.78, 5) is 24.7. The Kier molecular flexibility index (Phi) is 6.50. The van der Waals surface area contributed by atoms with Crippen LogP contribution in [0.15, 0.2) is 52.9 Å². The number of hydrogen-bond acceptors (Lipinski definition) is 5. The van der Waals surface area contributed by atoms with Gasteiger partial charge in [0.15, 0.2) is 17.1 Å². The van der Waals surface area contributed by atoms with Gasteiger partial charge in [-0.05, 0) is 29.8 Å². The van der Waals surface area contributed by atoms with Gasteiger partial charge in [0.25, 0.3) is 5.91 Å². The van der Waals surface area contributed by atoms with E-state index in [4.69, 9.17) is 9.15 Å². The van der Waals surface area contributed by atoms with Crippen LogP contribution < -0.4 is 15.4 Å². The van der Waals surface area contributed by atoms with E-state index in [0.29, 0.717) is 22.3 Å². The van der Waals surface area contributed by atoms with Crippen LogP contribution in [0.3, 0.4) is 0 Å². The van der Waals surface area contributed by atoms with E-state index in [1.54, 1.807) is 18.2 Å². The molecule has 0 aliphatic heterocycles. The number of hydrogen-bond donors (Lipinski definition) is 3. The topological polar surface area (TPSA) is 101 Å². The zero-order valence-corrected chi connectivity index (χ0v) is 16.3. The number of furan rings is 1. The lowest BCUT2D eigenvalue weighted by Gasteiger charge is -2.15. The standard InChI is InChI=1S/C21H19F3N2O5/c1-30-16-4-2-3-13-9-17(31-18(13)16)20(29)26-15(11-27)19(28)25-10-12-5-7-14(8-6-12)21(22,23)24/h2-9,15,27H,10-11H2,1H3,(H,25,28)(H,26,29). The molecule has 7 nitrogen and oxygen atoms in total. The maximum atomic E-state index is 12.6. The van der Waals surface area contributed by atoms with Gasteiger partial charge < -0.3 is 24.9 Å². The summed E-state index contributed by atoms with van der Waals surface area (Å²) in [6.45, 7) is -0.765. The summed E-state index contributed by atoms with van der Waals surface area (Å²) in [5.74, 6) is -1.07. The number of carbonyl (C=O) groups is 2. The third-order valence-corrected chi connectivity index (χ3v) is 4.50. The third kappa shape index (κ3) is 5.15. The van der Waals surface area contributed by atoms with Crippen LogP contribution >= 0.6 is 0 Å². The molecule has 3 aromatic rings. The molecule has 0 radical (unpaired) electrons. The lowest BCUT2D eigenvalue weighted by Crippen LogP contribution is -2.48. The van der Waals surface area contributed by atoms with E-state index in [0.717, 1.165) is 12.1 Å². The molecule has 1 unspecified atom stereocenters. The molecule has 31 heavy (non-hydrogen) atoms. The van der Waals surface area contributed by atoms with Crippen molar-refractivity contribution in [3.63, 3.8) is 0 Å². The molecule has 2 amide bonds. The van der Waals surface area contributed by atoms with Crippen LogP contribution in [-0.4, -0.2) is 36.7 Å². The molecule has 0 fully saturated rings. The molecule has 0 aliphatic carbocycles. The average molecular weight is 436 g/mol. The van der Waals surface area contributed by atoms with Crippen molar-refractivity contribution in [2.75, 3.05) is 13.7 Å². The number of ether oxygens (including phenoxy) is 1. The van der Waals surface area contributed by atoms with Crippen molar-refractivity contribution in [2.45, 2.75) is 18.8 Å². The van der Waals surface area contributed by atoms with Gasteiger partial charge in [-0.2, -0.15) is 13.2 Å². The fourth-order valence-corrected chi connectivity index (χ4v) is 2.86. The minimum Gasteiger partial charge on any atom is -0.493 e. The summed E-state index contributed by atoms with van der Waals surface area (Å²) < 4.78 is 48.5. The first-order valence-electron chi connectivity index (χ1n) is 9.15. The number of methoxy groups -OCH3 is 1. The van der Waals surface area contributed by atoms with Gasteiger partial charge in [0, 0.05) is 11.9 Å². The smallest absolute Gasteiger partial charge is 0.416 e. The highest BCUT2D eigenvalue weighted by molar-refractivity contribution is 5.99. The van der Waals surface area contributed by atoms with E-state index in [-0.39, 0.29) is 12.3 Å². The van der Waals surface area contributed by atoms with Crippen molar-refractivity contribution in [2.24, 2.45) is 0 Å². The molecule has 1 heterocycles. The molecule has 0 saturated heterocycles. The molecule has 3 rings (SSSR count). The number of aliphatic hydroxyl groups excluding tert-OH is 1. The Hall–Kier alpha value is -3.53. The van der Waals surface area contributed by atoms with Crippen LogP contribution in [0.5, 0.6) is 5.75 Å². The second kappa shape index (κ2) is 9.09. The lowest BCUT2D eigenvalue weighted by atomic mass is 10.1. The van der Waals surface area contributed by atoms with Crippen molar-refractivity contribution in [3.8, 4) is 5.75 Å². The van der Waals surface area contributed by atoms with Crippen LogP contribution in [0.4, 0.5) is 13.2 Å². The quantitative estimate of drug-likeness (QED) is 0.529. The van der Waals surface area contributed by atoms with E-state index in [9.17, 15) is 27.9 Å². The van der Waals surface area contributed by atoms with E-state index >= 15 is 0 Å². The highest BCUT2D eigenvalue weighted by Crippen LogP contribution is 2.29. The van der Waals surface area contributed by atoms with Crippen molar-refractivity contribution in [1.29, 1.82) is 0 Å². The number of alkyl halides is 3. The third-order valence-electron chi connectivity index (χ3n) is 4.50. The first-order valence-corrected chi connectivity index (χ1v) is 9.15. The van der Waals surface area contributed by atoms with E-state index in [1.165, 1.54) is 25.3 Å². The Morgan fingerprint density at radius 3 is 2.48 bits per heavy atom. The van der Waals surface area contributed by atoms with E-state index in [1.807, 2.05) is 0 Å². The van der Waals surface area contributed by atoms with E-state index < -0.39 is 36.2 Å². The Balaban J connectivity index is 1.62. The number of halogens is 3. The largest absolute Gasteiger partial charge is 0.493 e. The molecule has 0 spiro atoms. The maximum absolute atomic E-state index is 12.6. The molecule has 3 N–H and O–H groups in total. The van der Waals surface area contributed by atoms with Crippen LogP contribution in [0.25, 0.3) is 11.0 Å². The number of para-hydroxylation sites is 1. The predicted octanol–water partition coefficient (Wildman–Crippen LogP) is 2.87. The number of aliphatic hydroxyl groups is 1. The Bertz CT molecular complexity index is 1080. The Labute approximate surface area is 174 Å². The minimum absolute atomic E-state index is 0.0755. The molecule has 0 aliphatic rings. The van der Waals surface area contributed by atoms with Crippen molar-refractivity contribution in [1.82, 2.24) is 10.6 Å². The summed E-state index contributed by atoms with van der Waals surface area (Å²) in [6.07, 6.45) is -4.45. The SMILES string of the molecule is COc1cccc2cc(C(=O)NC(CO)C(=O)NCc3ccc(C(F)(F)F)cc3)oc12. The van der Waals surface area contributed by atoms with Crippen LogP contribution in [0.2, 0.25) is 0 Å². The van der Waals surface area contributed by atoms with Crippen LogP contribution in [0.1, 0.15) is 21.7 Å². The van der Waals surface area contributed by atoms with Gasteiger partial charge in [0.2, 0.25) is 5.91 Å². The van der Waals surface area contributed by atoms with Gasteiger partial charge in [-0.25, -0.2) is 0 Å². The zero-order chi connectivity index (χ0) is 22.6. The van der Waals surface area contributed by atoms with Crippen molar-refractivity contribution >= 4 is 22.8 Å². The molecule has 10 heteroatoms. The van der Waals surface area contributed by atoms with Gasteiger partial charge in [-0.1, -0.05) is 24.3 Å². The normalized spacial score (nSPS) is 12.4. The van der Waals surface area contributed by atoms with E-state index in [2.05, 4.69) is 10.6 Å². The first-order chi connectivity index (χ1) is 14.7. The maximum Gasteiger partial charge on any atom is 0.416 e. The summed E-state index contributed by atoms with van der Waals surface area (Å²) in [7, 11) is 1.46. The first kappa shape index (κ1) is 22.2. The molecule has 164 valence electrons. The molecule has 1 aromatic heterocycles. The fraction of sp³-hybridized carbons (Fsp3) is 0.238. The van der Waals surface area contributed by atoms with Gasteiger partial charge in [-0.15, -0.1) is 0 Å². The Morgan fingerprint density at radius 2 is 1.87 bits per heavy atom. The predicted molar refractivity (Wildman–Crippen MR) is 104 cm³/mol. The van der Waals surface area contributed by atoms with Crippen molar-refractivity contribution < 1.29 is 37.0 Å². The second-order valence-electron chi connectivity index (χ2n) is 6.61. The number of benzene rings is 2. The number of rotatable bonds is 7. The van der Waals surface area contributed by atoms with Gasteiger partial charge >= 0.3 is 6.18 Å². The van der Waals surface area contributed by atoms with Gasteiger partial charge in [0.05, 0.1) is 19.3 Å². The molecular formula is C21H19F3N2O5. The average Bonchev–Trinajstić information content (AvgIpc) is 3.20. The van der Waals surface area contributed by atoms with Crippen LogP contribution in [-0.2, 0) is 17.5 Å². The molecule has 1 atom stereocenters. The van der Waals surface area contributed by atoms with Crippen molar-refractivity contribution in [3.05, 3.63) is 65.4 Å². The monoisotopic (exact) mass is 436 g/mol. The number of amides is 2. The summed E-state index contributed by atoms with van der Waals surface area (Å²) in [5, 5.41) is 14.9. The highest BCUT2D eigenvalue weighted by Gasteiger charge is 2.30. The zero-order valence-electron chi connectivity index (χ0n) is 16.3. The fourth-order valence-electron chi connectivity index (χ4n) is 2.86. The second-order valence-corrected chi connectivity index (χ2v) is 6.61. The molecular weight excluding hydrogens is 417 g/mol. The lowest BCUT2D eigenvalue weighted by molar-refractivity contribution is -0.137. The van der Waals surface area contributed by atoms with Gasteiger partial charge in [0.1, 0.15) is 6.04 Å². The number of nitrogens with one attached hydrogen (secondary N) is 2.